The molecule has 1 N–H and O–H groups in total. The number of anilines is 1. The minimum absolute atomic E-state index is 0.674. The molecule has 1 aromatic rings. The molecule has 2 rings (SSSR count). The van der Waals surface area contributed by atoms with E-state index in [1.165, 1.54) is 19.3 Å². The van der Waals surface area contributed by atoms with Gasteiger partial charge in [0.25, 0.3) is 0 Å². The monoisotopic (exact) mass is 231 g/mol. The summed E-state index contributed by atoms with van der Waals surface area (Å²) in [6, 6.07) is 8.23. The van der Waals surface area contributed by atoms with Crippen LogP contribution >= 0.6 is 0 Å². The highest BCUT2D eigenvalue weighted by Gasteiger charge is 2.15. The van der Waals surface area contributed by atoms with Crippen molar-refractivity contribution in [3.8, 4) is 0 Å². The Morgan fingerprint density at radius 3 is 2.53 bits per heavy atom. The van der Waals surface area contributed by atoms with Crippen molar-refractivity contribution < 1.29 is 0 Å². The van der Waals surface area contributed by atoms with Gasteiger partial charge in [-0.2, -0.15) is 0 Å². The Bertz CT molecular complexity index is 392. The number of hydrogen-bond acceptors (Lipinski definition) is 2. The first-order chi connectivity index (χ1) is 8.18. The molecule has 0 bridgehead atoms. The summed E-state index contributed by atoms with van der Waals surface area (Å²) in [6.07, 6.45) is 3.74. The number of rotatable bonds is 2. The molecule has 0 saturated carbocycles. The number of piperidine rings is 1. The summed E-state index contributed by atoms with van der Waals surface area (Å²) < 4.78 is 0. The van der Waals surface area contributed by atoms with E-state index in [1.807, 2.05) is 26.2 Å². The molecule has 1 fully saturated rings. The third-order valence-corrected chi connectivity index (χ3v) is 3.31. The van der Waals surface area contributed by atoms with E-state index < -0.39 is 0 Å². The van der Waals surface area contributed by atoms with Gasteiger partial charge in [0.15, 0.2) is 0 Å². The van der Waals surface area contributed by atoms with E-state index in [2.05, 4.69) is 21.9 Å². The van der Waals surface area contributed by atoms with Crippen molar-refractivity contribution in [1.29, 1.82) is 5.41 Å². The van der Waals surface area contributed by atoms with Crippen molar-refractivity contribution in [3.05, 3.63) is 29.8 Å². The van der Waals surface area contributed by atoms with Crippen LogP contribution in [0.4, 0.5) is 5.69 Å². The van der Waals surface area contributed by atoms with Gasteiger partial charge in [0.2, 0.25) is 0 Å². The van der Waals surface area contributed by atoms with E-state index in [0.29, 0.717) is 5.84 Å². The SMILES string of the molecule is CN(C)c1cccc(C(=N)N2CCCCC2)c1. The molecule has 0 unspecified atom stereocenters. The Balaban J connectivity index is 2.15. The molecule has 17 heavy (non-hydrogen) atoms. The summed E-state index contributed by atoms with van der Waals surface area (Å²) in [6.45, 7) is 2.07. The highest BCUT2D eigenvalue weighted by molar-refractivity contribution is 5.97. The van der Waals surface area contributed by atoms with Crippen molar-refractivity contribution in [2.24, 2.45) is 0 Å². The fraction of sp³-hybridized carbons (Fsp3) is 0.500. The van der Waals surface area contributed by atoms with Crippen LogP contribution in [0, 0.1) is 5.41 Å². The predicted molar refractivity (Wildman–Crippen MR) is 73.0 cm³/mol. The van der Waals surface area contributed by atoms with E-state index in [0.717, 1.165) is 24.3 Å². The van der Waals surface area contributed by atoms with Crippen molar-refractivity contribution in [2.45, 2.75) is 19.3 Å². The summed E-state index contributed by atoms with van der Waals surface area (Å²) in [5.74, 6) is 0.674. The number of nitrogens with zero attached hydrogens (tertiary/aromatic N) is 2. The van der Waals surface area contributed by atoms with E-state index in [-0.39, 0.29) is 0 Å². The average Bonchev–Trinajstić information content (AvgIpc) is 2.39. The maximum absolute atomic E-state index is 8.27. The number of hydrogen-bond donors (Lipinski definition) is 1. The maximum atomic E-state index is 8.27. The number of nitrogens with one attached hydrogen (secondary N) is 1. The van der Waals surface area contributed by atoms with Crippen LogP contribution in [0.5, 0.6) is 0 Å². The molecule has 0 spiro atoms. The second kappa shape index (κ2) is 5.21. The quantitative estimate of drug-likeness (QED) is 0.626. The van der Waals surface area contributed by atoms with Gasteiger partial charge in [-0.25, -0.2) is 0 Å². The second-order valence-corrected chi connectivity index (χ2v) is 4.84. The Kier molecular flexibility index (Phi) is 3.67. The van der Waals surface area contributed by atoms with Crippen LogP contribution in [0.1, 0.15) is 24.8 Å². The lowest BCUT2D eigenvalue weighted by molar-refractivity contribution is 0.341. The molecule has 1 aromatic carbocycles. The van der Waals surface area contributed by atoms with Gasteiger partial charge in [0, 0.05) is 38.4 Å². The van der Waals surface area contributed by atoms with Crippen LogP contribution in [-0.2, 0) is 0 Å². The molecule has 0 aromatic heterocycles. The molecule has 3 nitrogen and oxygen atoms in total. The zero-order valence-corrected chi connectivity index (χ0v) is 10.7. The van der Waals surface area contributed by atoms with Gasteiger partial charge in [0.1, 0.15) is 5.84 Å². The molecule has 3 heteroatoms. The second-order valence-electron chi connectivity index (χ2n) is 4.84. The first-order valence-electron chi connectivity index (χ1n) is 6.30. The summed E-state index contributed by atoms with van der Waals surface area (Å²) >= 11 is 0. The van der Waals surface area contributed by atoms with Crippen molar-refractivity contribution in [2.75, 3.05) is 32.1 Å². The zero-order valence-electron chi connectivity index (χ0n) is 10.7. The maximum Gasteiger partial charge on any atom is 0.128 e. The lowest BCUT2D eigenvalue weighted by Crippen LogP contribution is -2.35. The predicted octanol–water partition coefficient (Wildman–Crippen LogP) is 2.56. The van der Waals surface area contributed by atoms with Crippen LogP contribution < -0.4 is 4.90 Å². The van der Waals surface area contributed by atoms with Crippen molar-refractivity contribution in [1.82, 2.24) is 4.90 Å². The lowest BCUT2D eigenvalue weighted by atomic mass is 10.1. The standard InChI is InChI=1S/C14H21N3/c1-16(2)13-8-6-7-12(11-13)14(15)17-9-4-3-5-10-17/h6-8,11,15H,3-5,9-10H2,1-2H3. The minimum atomic E-state index is 0.674. The van der Waals surface area contributed by atoms with E-state index >= 15 is 0 Å². The first-order valence-corrected chi connectivity index (χ1v) is 6.30. The number of likely N-dealkylation sites (tertiary alicyclic amines) is 1. The van der Waals surface area contributed by atoms with Crippen LogP contribution in [0.3, 0.4) is 0 Å². The van der Waals surface area contributed by atoms with Gasteiger partial charge in [-0.1, -0.05) is 12.1 Å². The third kappa shape index (κ3) is 2.78. The average molecular weight is 231 g/mol. The Morgan fingerprint density at radius 1 is 1.18 bits per heavy atom. The van der Waals surface area contributed by atoms with Gasteiger partial charge in [0.05, 0.1) is 0 Å². The molecule has 0 aliphatic carbocycles. The Morgan fingerprint density at radius 2 is 1.88 bits per heavy atom. The minimum Gasteiger partial charge on any atom is -0.378 e. The molecular formula is C14H21N3. The van der Waals surface area contributed by atoms with E-state index in [4.69, 9.17) is 5.41 Å². The normalized spacial score (nSPS) is 15.8. The molecule has 0 atom stereocenters. The number of benzene rings is 1. The summed E-state index contributed by atoms with van der Waals surface area (Å²) in [5, 5.41) is 8.27. The third-order valence-electron chi connectivity index (χ3n) is 3.31. The molecule has 1 saturated heterocycles. The first kappa shape index (κ1) is 12.0. The fourth-order valence-electron chi connectivity index (χ4n) is 2.23. The molecule has 1 aliphatic rings. The topological polar surface area (TPSA) is 30.3 Å². The van der Waals surface area contributed by atoms with Gasteiger partial charge in [-0.15, -0.1) is 0 Å². The lowest BCUT2D eigenvalue weighted by Gasteiger charge is -2.29. The van der Waals surface area contributed by atoms with Crippen molar-refractivity contribution >= 4 is 11.5 Å². The molecular weight excluding hydrogens is 210 g/mol. The zero-order chi connectivity index (χ0) is 12.3. The summed E-state index contributed by atoms with van der Waals surface area (Å²) in [5.41, 5.74) is 2.18. The smallest absolute Gasteiger partial charge is 0.128 e. The van der Waals surface area contributed by atoms with E-state index in [9.17, 15) is 0 Å². The Labute approximate surface area is 104 Å². The van der Waals surface area contributed by atoms with Gasteiger partial charge >= 0.3 is 0 Å². The van der Waals surface area contributed by atoms with Crippen LogP contribution in [-0.4, -0.2) is 37.9 Å². The summed E-state index contributed by atoms with van der Waals surface area (Å²) in [7, 11) is 4.06. The highest BCUT2D eigenvalue weighted by atomic mass is 15.2. The van der Waals surface area contributed by atoms with Gasteiger partial charge in [-0.3, -0.25) is 5.41 Å². The summed E-state index contributed by atoms with van der Waals surface area (Å²) in [4.78, 5) is 4.27. The number of amidine groups is 1. The highest BCUT2D eigenvalue weighted by Crippen LogP contribution is 2.17. The molecule has 1 heterocycles. The fourth-order valence-corrected chi connectivity index (χ4v) is 2.23. The van der Waals surface area contributed by atoms with Crippen molar-refractivity contribution in [3.63, 3.8) is 0 Å². The van der Waals surface area contributed by atoms with E-state index in [1.54, 1.807) is 0 Å². The van der Waals surface area contributed by atoms with Gasteiger partial charge in [-0.05, 0) is 31.4 Å². The molecule has 0 radical (unpaired) electrons. The van der Waals surface area contributed by atoms with Crippen LogP contribution in [0.25, 0.3) is 0 Å². The largest absolute Gasteiger partial charge is 0.378 e. The van der Waals surface area contributed by atoms with Gasteiger partial charge < -0.3 is 9.80 Å². The molecule has 1 aliphatic heterocycles. The Hall–Kier alpha value is -1.51. The molecule has 0 amide bonds. The van der Waals surface area contributed by atoms with Crippen LogP contribution in [0.2, 0.25) is 0 Å². The molecule has 92 valence electrons. The van der Waals surface area contributed by atoms with Crippen LogP contribution in [0.15, 0.2) is 24.3 Å².